The highest BCUT2D eigenvalue weighted by molar-refractivity contribution is 5.93. The zero-order chi connectivity index (χ0) is 16.0. The van der Waals surface area contributed by atoms with Gasteiger partial charge in [-0.05, 0) is 12.1 Å². The summed E-state index contributed by atoms with van der Waals surface area (Å²) in [5, 5.41) is 19.5. The number of carbonyl (C=O) groups excluding carboxylic acids is 1. The molecule has 2 amide bonds. The number of nitrogens with one attached hydrogen (secondary N) is 1. The van der Waals surface area contributed by atoms with Gasteiger partial charge >= 0.3 is 18.0 Å². The van der Waals surface area contributed by atoms with Crippen LogP contribution < -0.4 is 10.1 Å². The van der Waals surface area contributed by atoms with Gasteiger partial charge in [-0.25, -0.2) is 9.18 Å². The van der Waals surface area contributed by atoms with Crippen LogP contribution in [-0.4, -0.2) is 53.3 Å². The normalized spacial score (nSPS) is 9.81. The number of halogens is 1. The molecule has 0 saturated carbocycles. The summed E-state index contributed by atoms with van der Waals surface area (Å²) in [5.74, 6) is -3.49. The predicted octanol–water partition coefficient (Wildman–Crippen LogP) is 0.837. The van der Waals surface area contributed by atoms with Gasteiger partial charge in [0.1, 0.15) is 13.1 Å². The van der Waals surface area contributed by atoms with E-state index in [4.69, 9.17) is 14.9 Å². The monoisotopic (exact) mass is 300 g/mol. The Morgan fingerprint density at radius 1 is 1.24 bits per heavy atom. The molecule has 9 heteroatoms. The molecule has 0 spiro atoms. The van der Waals surface area contributed by atoms with Crippen molar-refractivity contribution < 1.29 is 33.7 Å². The molecule has 1 aromatic carbocycles. The van der Waals surface area contributed by atoms with Crippen molar-refractivity contribution in [2.24, 2.45) is 0 Å². The third-order valence-corrected chi connectivity index (χ3v) is 2.34. The number of carbonyl (C=O) groups is 3. The fraction of sp³-hybridized carbons (Fsp3) is 0.250. The maximum Gasteiger partial charge on any atom is 0.323 e. The Bertz CT molecular complexity index is 547. The van der Waals surface area contributed by atoms with Crippen molar-refractivity contribution >= 4 is 23.7 Å². The summed E-state index contributed by atoms with van der Waals surface area (Å²) in [5.41, 5.74) is 0.0408. The molecule has 1 aromatic rings. The van der Waals surface area contributed by atoms with E-state index in [9.17, 15) is 18.8 Å². The quantitative estimate of drug-likeness (QED) is 0.716. The number of hydrogen-bond acceptors (Lipinski definition) is 4. The summed E-state index contributed by atoms with van der Waals surface area (Å²) in [6.45, 7) is -1.59. The Balaban J connectivity index is 2.82. The van der Waals surface area contributed by atoms with Gasteiger partial charge in [-0.2, -0.15) is 0 Å². The van der Waals surface area contributed by atoms with Crippen molar-refractivity contribution in [1.82, 2.24) is 4.90 Å². The first-order valence-electron chi connectivity index (χ1n) is 5.66. The second kappa shape index (κ2) is 7.08. The number of anilines is 1. The van der Waals surface area contributed by atoms with Crippen molar-refractivity contribution in [3.05, 3.63) is 24.0 Å². The van der Waals surface area contributed by atoms with Gasteiger partial charge in [-0.15, -0.1) is 0 Å². The summed E-state index contributed by atoms with van der Waals surface area (Å²) in [6, 6.07) is 2.60. The number of aliphatic carboxylic acids is 2. The van der Waals surface area contributed by atoms with Crippen molar-refractivity contribution in [3.8, 4) is 5.75 Å². The number of nitrogens with zero attached hydrogens (tertiary/aromatic N) is 1. The van der Waals surface area contributed by atoms with E-state index in [1.165, 1.54) is 19.2 Å². The highest BCUT2D eigenvalue weighted by atomic mass is 19.1. The SMILES string of the molecule is COc1ccc(NC(=O)N(CC(=O)O)CC(=O)O)cc1F. The van der Waals surface area contributed by atoms with E-state index in [1.807, 2.05) is 0 Å². The van der Waals surface area contributed by atoms with Crippen molar-refractivity contribution in [1.29, 1.82) is 0 Å². The minimum absolute atomic E-state index is 0.0269. The topological polar surface area (TPSA) is 116 Å². The van der Waals surface area contributed by atoms with E-state index < -0.39 is 36.9 Å². The Kier molecular flexibility index (Phi) is 5.47. The van der Waals surface area contributed by atoms with Gasteiger partial charge in [0.25, 0.3) is 0 Å². The van der Waals surface area contributed by atoms with Crippen molar-refractivity contribution in [3.63, 3.8) is 0 Å². The summed E-state index contributed by atoms with van der Waals surface area (Å²) in [4.78, 5) is 33.5. The van der Waals surface area contributed by atoms with Gasteiger partial charge in [0.05, 0.1) is 7.11 Å². The molecule has 3 N–H and O–H groups in total. The van der Waals surface area contributed by atoms with Crippen molar-refractivity contribution in [2.45, 2.75) is 0 Å². The number of carboxylic acid groups (broad SMARTS) is 2. The summed E-state index contributed by atoms with van der Waals surface area (Å²) < 4.78 is 18.1. The molecular formula is C12H13FN2O6. The van der Waals surface area contributed by atoms with E-state index in [-0.39, 0.29) is 11.4 Å². The molecule has 0 fully saturated rings. The van der Waals surface area contributed by atoms with Crippen molar-refractivity contribution in [2.75, 3.05) is 25.5 Å². The van der Waals surface area contributed by atoms with Crippen LogP contribution in [0, 0.1) is 5.82 Å². The van der Waals surface area contributed by atoms with E-state index in [0.717, 1.165) is 6.07 Å². The van der Waals surface area contributed by atoms with Gasteiger partial charge in [0, 0.05) is 11.8 Å². The van der Waals surface area contributed by atoms with Crippen LogP contribution in [0.1, 0.15) is 0 Å². The molecule has 0 bridgehead atoms. The van der Waals surface area contributed by atoms with E-state index in [1.54, 1.807) is 0 Å². The minimum atomic E-state index is -1.37. The van der Waals surface area contributed by atoms with Crippen LogP contribution in [0.25, 0.3) is 0 Å². The maximum atomic E-state index is 13.4. The van der Waals surface area contributed by atoms with Gasteiger partial charge in [0.2, 0.25) is 0 Å². The number of rotatable bonds is 6. The smallest absolute Gasteiger partial charge is 0.323 e. The average molecular weight is 300 g/mol. The Morgan fingerprint density at radius 2 is 1.81 bits per heavy atom. The Morgan fingerprint density at radius 3 is 2.24 bits per heavy atom. The second-order valence-electron chi connectivity index (χ2n) is 3.92. The third-order valence-electron chi connectivity index (χ3n) is 2.34. The highest BCUT2D eigenvalue weighted by Crippen LogP contribution is 2.20. The molecule has 0 aliphatic heterocycles. The molecule has 0 aromatic heterocycles. The van der Waals surface area contributed by atoms with Crippen LogP contribution in [0.5, 0.6) is 5.75 Å². The van der Waals surface area contributed by atoms with Gasteiger partial charge in [-0.1, -0.05) is 0 Å². The number of amides is 2. The molecule has 0 heterocycles. The first kappa shape index (κ1) is 16.2. The highest BCUT2D eigenvalue weighted by Gasteiger charge is 2.20. The summed E-state index contributed by atoms with van der Waals surface area (Å²) in [6.07, 6.45) is 0. The molecule has 0 radical (unpaired) electrons. The van der Waals surface area contributed by atoms with Crippen LogP contribution >= 0.6 is 0 Å². The molecular weight excluding hydrogens is 287 g/mol. The molecule has 1 rings (SSSR count). The largest absolute Gasteiger partial charge is 0.494 e. The Labute approximate surface area is 118 Å². The summed E-state index contributed by atoms with van der Waals surface area (Å²) in [7, 11) is 1.28. The molecule has 21 heavy (non-hydrogen) atoms. The fourth-order valence-electron chi connectivity index (χ4n) is 1.47. The van der Waals surface area contributed by atoms with Crippen LogP contribution in [0.4, 0.5) is 14.9 Å². The molecule has 0 atom stereocenters. The number of methoxy groups -OCH3 is 1. The standard InChI is InChI=1S/C12H13FN2O6/c1-21-9-3-2-7(4-8(9)13)14-12(20)15(5-10(16)17)6-11(18)19/h2-4H,5-6H2,1H3,(H,14,20)(H,16,17)(H,18,19). The zero-order valence-corrected chi connectivity index (χ0v) is 11.0. The number of benzene rings is 1. The van der Waals surface area contributed by atoms with Gasteiger partial charge in [0.15, 0.2) is 11.6 Å². The lowest BCUT2D eigenvalue weighted by Gasteiger charge is -2.19. The molecule has 8 nitrogen and oxygen atoms in total. The first-order chi connectivity index (χ1) is 9.83. The Hall–Kier alpha value is -2.84. The van der Waals surface area contributed by atoms with Gasteiger partial charge < -0.3 is 25.2 Å². The lowest BCUT2D eigenvalue weighted by Crippen LogP contribution is -2.41. The van der Waals surface area contributed by atoms with Crippen LogP contribution in [0.2, 0.25) is 0 Å². The minimum Gasteiger partial charge on any atom is -0.494 e. The fourth-order valence-corrected chi connectivity index (χ4v) is 1.47. The van der Waals surface area contributed by atoms with Crippen LogP contribution in [-0.2, 0) is 9.59 Å². The average Bonchev–Trinajstić information content (AvgIpc) is 2.37. The van der Waals surface area contributed by atoms with Crippen LogP contribution in [0.3, 0.4) is 0 Å². The van der Waals surface area contributed by atoms with E-state index in [0.29, 0.717) is 4.90 Å². The second-order valence-corrected chi connectivity index (χ2v) is 3.92. The van der Waals surface area contributed by atoms with E-state index >= 15 is 0 Å². The van der Waals surface area contributed by atoms with E-state index in [2.05, 4.69) is 5.32 Å². The lowest BCUT2D eigenvalue weighted by atomic mass is 10.3. The molecule has 114 valence electrons. The van der Waals surface area contributed by atoms with Gasteiger partial charge in [-0.3, -0.25) is 9.59 Å². The molecule has 0 unspecified atom stereocenters. The number of ether oxygens (including phenoxy) is 1. The zero-order valence-electron chi connectivity index (χ0n) is 11.0. The number of urea groups is 1. The molecule has 0 aliphatic rings. The number of hydrogen-bond donors (Lipinski definition) is 3. The molecule has 0 saturated heterocycles. The predicted molar refractivity (Wildman–Crippen MR) is 68.8 cm³/mol. The first-order valence-corrected chi connectivity index (χ1v) is 5.66. The number of carboxylic acids is 2. The lowest BCUT2D eigenvalue weighted by molar-refractivity contribution is -0.140. The maximum absolute atomic E-state index is 13.4. The molecule has 0 aliphatic carbocycles. The summed E-state index contributed by atoms with van der Waals surface area (Å²) >= 11 is 0. The van der Waals surface area contributed by atoms with Crippen LogP contribution in [0.15, 0.2) is 18.2 Å². The third kappa shape index (κ3) is 4.97.